The molecule has 14 heavy (non-hydrogen) atoms. The van der Waals surface area contributed by atoms with Gasteiger partial charge in [0, 0.05) is 11.9 Å². The largest absolute Gasteiger partial charge is 0.261 e. The van der Waals surface area contributed by atoms with Crippen molar-refractivity contribution in [3.05, 3.63) is 29.6 Å². The summed E-state index contributed by atoms with van der Waals surface area (Å²) in [6.45, 7) is 6.04. The quantitative estimate of drug-likeness (QED) is 0.652. The van der Waals surface area contributed by atoms with Crippen molar-refractivity contribution in [1.82, 2.24) is 4.98 Å². The average Bonchev–Trinajstić information content (AvgIpc) is 2.75. The molecule has 0 spiro atoms. The van der Waals surface area contributed by atoms with Crippen molar-refractivity contribution in [3.8, 4) is 0 Å². The molecule has 1 nitrogen and oxygen atoms in total. The third-order valence-corrected chi connectivity index (χ3v) is 2.76. The molecule has 0 unspecified atom stereocenters. The van der Waals surface area contributed by atoms with E-state index in [1.54, 1.807) is 0 Å². The fourth-order valence-corrected chi connectivity index (χ4v) is 1.98. The third-order valence-electron chi connectivity index (χ3n) is 2.76. The van der Waals surface area contributed by atoms with Crippen LogP contribution in [0.1, 0.15) is 56.7 Å². The molecule has 1 aromatic heterocycles. The van der Waals surface area contributed by atoms with E-state index < -0.39 is 0 Å². The molecule has 0 N–H and O–H groups in total. The van der Waals surface area contributed by atoms with Gasteiger partial charge in [-0.15, -0.1) is 0 Å². The molecule has 1 fully saturated rings. The average molecular weight is 191 g/mol. The van der Waals surface area contributed by atoms with Crippen molar-refractivity contribution >= 4 is 0 Å². The Balaban J connectivity index is 0.000000461. The lowest BCUT2D eigenvalue weighted by Gasteiger charge is -2.07. The predicted molar refractivity (Wildman–Crippen MR) is 61.5 cm³/mol. The zero-order chi connectivity index (χ0) is 10.4. The summed E-state index contributed by atoms with van der Waals surface area (Å²) in [5.74, 6) is 0.804. The van der Waals surface area contributed by atoms with E-state index >= 15 is 0 Å². The van der Waals surface area contributed by atoms with Crippen LogP contribution >= 0.6 is 0 Å². The molecule has 0 radical (unpaired) electrons. The number of rotatable bonds is 1. The summed E-state index contributed by atoms with van der Waals surface area (Å²) in [6, 6.07) is 4.35. The first kappa shape index (κ1) is 11.2. The zero-order valence-corrected chi connectivity index (χ0v) is 9.59. The summed E-state index contributed by atoms with van der Waals surface area (Å²) in [6.07, 6.45) is 7.58. The first-order valence-corrected chi connectivity index (χ1v) is 5.79. The Morgan fingerprint density at radius 1 is 1.14 bits per heavy atom. The molecule has 1 heterocycles. The highest BCUT2D eigenvalue weighted by molar-refractivity contribution is 5.18. The van der Waals surface area contributed by atoms with Crippen LogP contribution in [0.25, 0.3) is 0 Å². The highest BCUT2D eigenvalue weighted by Gasteiger charge is 2.16. The van der Waals surface area contributed by atoms with Gasteiger partial charge in [-0.2, -0.15) is 0 Å². The van der Waals surface area contributed by atoms with Crippen molar-refractivity contribution in [1.29, 1.82) is 0 Å². The molecule has 0 bridgehead atoms. The second-order valence-electron chi connectivity index (χ2n) is 3.71. The van der Waals surface area contributed by atoms with Crippen molar-refractivity contribution in [2.75, 3.05) is 0 Å². The van der Waals surface area contributed by atoms with Gasteiger partial charge < -0.3 is 0 Å². The van der Waals surface area contributed by atoms with E-state index in [1.165, 1.54) is 31.2 Å². The van der Waals surface area contributed by atoms with E-state index in [4.69, 9.17) is 0 Å². The molecule has 0 atom stereocenters. The van der Waals surface area contributed by atoms with Crippen molar-refractivity contribution in [2.24, 2.45) is 0 Å². The summed E-state index contributed by atoms with van der Waals surface area (Å²) in [7, 11) is 0. The van der Waals surface area contributed by atoms with Crippen LogP contribution in [0.15, 0.2) is 18.3 Å². The van der Waals surface area contributed by atoms with E-state index in [0.29, 0.717) is 0 Å². The molecule has 0 aliphatic heterocycles. The topological polar surface area (TPSA) is 12.9 Å². The summed E-state index contributed by atoms with van der Waals surface area (Å²) in [5, 5.41) is 0. The lowest BCUT2D eigenvalue weighted by Crippen LogP contribution is -1.93. The lowest BCUT2D eigenvalue weighted by molar-refractivity contribution is 0.718. The molecular formula is C13H21N. The third kappa shape index (κ3) is 2.83. The molecule has 1 aliphatic carbocycles. The van der Waals surface area contributed by atoms with Gasteiger partial charge >= 0.3 is 0 Å². The van der Waals surface area contributed by atoms with Crippen molar-refractivity contribution < 1.29 is 0 Å². The van der Waals surface area contributed by atoms with Crippen LogP contribution < -0.4 is 0 Å². The first-order chi connectivity index (χ1) is 6.86. The van der Waals surface area contributed by atoms with Gasteiger partial charge in [-0.3, -0.25) is 4.98 Å². The molecule has 1 heteroatoms. The van der Waals surface area contributed by atoms with Gasteiger partial charge in [0.1, 0.15) is 0 Å². The second kappa shape index (κ2) is 5.79. The molecular weight excluding hydrogens is 170 g/mol. The molecule has 2 rings (SSSR count). The Labute approximate surface area is 87.6 Å². The number of pyridine rings is 1. The highest BCUT2D eigenvalue weighted by Crippen LogP contribution is 2.33. The smallest absolute Gasteiger partial charge is 0.0372 e. The Morgan fingerprint density at radius 2 is 1.79 bits per heavy atom. The fourth-order valence-electron chi connectivity index (χ4n) is 1.98. The van der Waals surface area contributed by atoms with E-state index in [9.17, 15) is 0 Å². The van der Waals surface area contributed by atoms with Crippen LogP contribution in [0.3, 0.4) is 0 Å². The van der Waals surface area contributed by atoms with Gasteiger partial charge in [-0.25, -0.2) is 0 Å². The van der Waals surface area contributed by atoms with E-state index in [0.717, 1.165) is 11.6 Å². The van der Waals surface area contributed by atoms with E-state index in [2.05, 4.69) is 17.1 Å². The monoisotopic (exact) mass is 191 g/mol. The normalized spacial score (nSPS) is 16.2. The fraction of sp³-hybridized carbons (Fsp3) is 0.615. The summed E-state index contributed by atoms with van der Waals surface area (Å²) in [4.78, 5) is 4.32. The Morgan fingerprint density at radius 3 is 2.29 bits per heavy atom. The van der Waals surface area contributed by atoms with Crippen molar-refractivity contribution in [2.45, 2.75) is 52.4 Å². The van der Waals surface area contributed by atoms with Gasteiger partial charge in [0.2, 0.25) is 0 Å². The van der Waals surface area contributed by atoms with Crippen LogP contribution in [0.4, 0.5) is 0 Å². The van der Waals surface area contributed by atoms with Crippen LogP contribution in [0, 0.1) is 6.92 Å². The second-order valence-corrected chi connectivity index (χ2v) is 3.71. The molecule has 0 amide bonds. The van der Waals surface area contributed by atoms with Crippen molar-refractivity contribution in [3.63, 3.8) is 0 Å². The summed E-state index contributed by atoms with van der Waals surface area (Å²) in [5.41, 5.74) is 2.56. The predicted octanol–water partition coefficient (Wildman–Crippen LogP) is 4.07. The number of hydrogen-bond acceptors (Lipinski definition) is 1. The first-order valence-electron chi connectivity index (χ1n) is 5.79. The summed E-state index contributed by atoms with van der Waals surface area (Å²) < 4.78 is 0. The maximum absolute atomic E-state index is 4.32. The van der Waals surface area contributed by atoms with E-state index in [-0.39, 0.29) is 0 Å². The molecule has 1 aliphatic rings. The molecule has 1 aromatic rings. The molecule has 78 valence electrons. The highest BCUT2D eigenvalue weighted by atomic mass is 14.7. The number of hydrogen-bond donors (Lipinski definition) is 0. The SMILES string of the molecule is CC.Cc1ccc(C2CCCC2)cn1. The number of nitrogens with zero attached hydrogens (tertiary/aromatic N) is 1. The van der Waals surface area contributed by atoms with Gasteiger partial charge in [0.15, 0.2) is 0 Å². The van der Waals surface area contributed by atoms with Gasteiger partial charge in [-0.1, -0.05) is 32.8 Å². The van der Waals surface area contributed by atoms with Crippen LogP contribution in [0.2, 0.25) is 0 Å². The molecule has 0 saturated heterocycles. The van der Waals surface area contributed by atoms with Gasteiger partial charge in [0.25, 0.3) is 0 Å². The van der Waals surface area contributed by atoms with E-state index in [1.807, 2.05) is 27.0 Å². The van der Waals surface area contributed by atoms with Crippen LogP contribution in [0.5, 0.6) is 0 Å². The van der Waals surface area contributed by atoms with Crippen LogP contribution in [-0.4, -0.2) is 4.98 Å². The minimum atomic E-state index is 0.804. The maximum Gasteiger partial charge on any atom is 0.0372 e. The number of aromatic nitrogens is 1. The van der Waals surface area contributed by atoms with Gasteiger partial charge in [-0.05, 0) is 37.3 Å². The number of aryl methyl sites for hydroxylation is 1. The Hall–Kier alpha value is -0.850. The Kier molecular flexibility index (Phi) is 4.64. The van der Waals surface area contributed by atoms with Gasteiger partial charge in [0.05, 0.1) is 0 Å². The minimum absolute atomic E-state index is 0.804. The van der Waals surface area contributed by atoms with Crippen LogP contribution in [-0.2, 0) is 0 Å². The minimum Gasteiger partial charge on any atom is -0.261 e. The standard InChI is InChI=1S/C11H15N.C2H6/c1-9-6-7-11(8-12-9)10-4-2-3-5-10;1-2/h6-8,10H,2-5H2,1H3;1-2H3. The lowest BCUT2D eigenvalue weighted by atomic mass is 10.00. The zero-order valence-electron chi connectivity index (χ0n) is 9.59. The Bertz CT molecular complexity index is 244. The molecule has 1 saturated carbocycles. The molecule has 0 aromatic carbocycles. The maximum atomic E-state index is 4.32. The summed E-state index contributed by atoms with van der Waals surface area (Å²) >= 11 is 0.